The molecular formula is C11H22N2OS. The molecule has 1 heterocycles. The Balaban J connectivity index is 2.58. The summed E-state index contributed by atoms with van der Waals surface area (Å²) >= 11 is 1.64. The third kappa shape index (κ3) is 3.38. The van der Waals surface area contributed by atoms with Gasteiger partial charge in [0.15, 0.2) is 0 Å². The third-order valence-electron chi connectivity index (χ3n) is 2.96. The molecule has 0 aromatic rings. The molecule has 0 bridgehead atoms. The predicted octanol–water partition coefficient (Wildman–Crippen LogP) is 1.34. The Morgan fingerprint density at radius 3 is 3.00 bits per heavy atom. The van der Waals surface area contributed by atoms with Gasteiger partial charge in [-0.15, -0.1) is 0 Å². The van der Waals surface area contributed by atoms with Crippen molar-refractivity contribution in [1.29, 1.82) is 0 Å². The number of carbonyl (C=O) groups is 1. The van der Waals surface area contributed by atoms with Gasteiger partial charge in [0.1, 0.15) is 0 Å². The van der Waals surface area contributed by atoms with Crippen LogP contribution in [-0.2, 0) is 4.79 Å². The predicted molar refractivity (Wildman–Crippen MR) is 66.3 cm³/mol. The maximum Gasteiger partial charge on any atom is 0.235 e. The van der Waals surface area contributed by atoms with Crippen LogP contribution in [0, 0.1) is 0 Å². The van der Waals surface area contributed by atoms with Gasteiger partial charge in [-0.3, -0.25) is 4.79 Å². The van der Waals surface area contributed by atoms with Gasteiger partial charge in [0.2, 0.25) is 5.91 Å². The molecular weight excluding hydrogens is 208 g/mol. The quantitative estimate of drug-likeness (QED) is 0.791. The van der Waals surface area contributed by atoms with E-state index in [1.54, 1.807) is 11.8 Å². The molecule has 15 heavy (non-hydrogen) atoms. The van der Waals surface area contributed by atoms with E-state index in [1.807, 2.05) is 13.2 Å². The minimum Gasteiger partial charge on any atom is -0.336 e. The number of piperazine rings is 1. The first-order chi connectivity index (χ1) is 7.20. The molecule has 0 saturated carbocycles. The van der Waals surface area contributed by atoms with E-state index in [-0.39, 0.29) is 5.25 Å². The summed E-state index contributed by atoms with van der Waals surface area (Å²) in [6, 6.07) is 0.408. The van der Waals surface area contributed by atoms with E-state index >= 15 is 0 Å². The molecule has 1 saturated heterocycles. The maximum absolute atomic E-state index is 12.1. The third-order valence-corrected chi connectivity index (χ3v) is 3.87. The highest BCUT2D eigenvalue weighted by Gasteiger charge is 2.28. The minimum absolute atomic E-state index is 0.0995. The smallest absolute Gasteiger partial charge is 0.235 e. The molecule has 1 amide bonds. The van der Waals surface area contributed by atoms with E-state index in [0.717, 1.165) is 32.5 Å². The number of hydrogen-bond donors (Lipinski definition) is 1. The molecule has 1 N–H and O–H groups in total. The molecule has 1 aliphatic heterocycles. The summed E-state index contributed by atoms with van der Waals surface area (Å²) in [4.78, 5) is 14.2. The minimum atomic E-state index is 0.0995. The fourth-order valence-corrected chi connectivity index (χ4v) is 2.31. The summed E-state index contributed by atoms with van der Waals surface area (Å²) in [5.41, 5.74) is 0. The lowest BCUT2D eigenvalue weighted by atomic mass is 10.1. The van der Waals surface area contributed by atoms with E-state index in [0.29, 0.717) is 11.9 Å². The number of amides is 1. The highest BCUT2D eigenvalue weighted by molar-refractivity contribution is 7.99. The number of rotatable bonds is 4. The molecule has 1 rings (SSSR count). The second-order valence-corrected chi connectivity index (χ2v) is 5.23. The van der Waals surface area contributed by atoms with Crippen LogP contribution < -0.4 is 5.32 Å². The molecule has 88 valence electrons. The first-order valence-electron chi connectivity index (χ1n) is 5.74. The zero-order valence-electron chi connectivity index (χ0n) is 9.95. The largest absolute Gasteiger partial charge is 0.336 e. The van der Waals surface area contributed by atoms with E-state index in [4.69, 9.17) is 0 Å². The van der Waals surface area contributed by atoms with E-state index < -0.39 is 0 Å². The molecule has 1 aliphatic rings. The normalized spacial score (nSPS) is 23.9. The van der Waals surface area contributed by atoms with Gasteiger partial charge in [0.25, 0.3) is 0 Å². The standard InChI is InChI=1S/C11H22N2OS/c1-4-5-10-8-12-6-7-13(10)11(14)9(2)15-3/h9-10,12H,4-8H2,1-3H3. The van der Waals surface area contributed by atoms with Crippen LogP contribution in [0.1, 0.15) is 26.7 Å². The van der Waals surface area contributed by atoms with Crippen LogP contribution in [0.2, 0.25) is 0 Å². The van der Waals surface area contributed by atoms with Crippen molar-refractivity contribution in [3.05, 3.63) is 0 Å². The molecule has 2 unspecified atom stereocenters. The lowest BCUT2D eigenvalue weighted by Crippen LogP contribution is -2.55. The molecule has 3 nitrogen and oxygen atoms in total. The number of nitrogens with one attached hydrogen (secondary N) is 1. The average molecular weight is 230 g/mol. The molecule has 4 heteroatoms. The Morgan fingerprint density at radius 1 is 1.67 bits per heavy atom. The number of thioether (sulfide) groups is 1. The van der Waals surface area contributed by atoms with Crippen molar-refractivity contribution in [1.82, 2.24) is 10.2 Å². The van der Waals surface area contributed by atoms with Crippen LogP contribution in [0.5, 0.6) is 0 Å². The highest BCUT2D eigenvalue weighted by Crippen LogP contribution is 2.15. The zero-order valence-corrected chi connectivity index (χ0v) is 10.8. The fourth-order valence-electron chi connectivity index (χ4n) is 1.98. The SMILES string of the molecule is CCCC1CNCCN1C(=O)C(C)SC. The van der Waals surface area contributed by atoms with Gasteiger partial charge in [0.05, 0.1) is 5.25 Å². The van der Waals surface area contributed by atoms with Crippen molar-refractivity contribution >= 4 is 17.7 Å². The summed E-state index contributed by atoms with van der Waals surface area (Å²) in [5, 5.41) is 3.46. The van der Waals surface area contributed by atoms with Crippen molar-refractivity contribution in [2.75, 3.05) is 25.9 Å². The van der Waals surface area contributed by atoms with Crippen LogP contribution in [0.25, 0.3) is 0 Å². The first-order valence-corrected chi connectivity index (χ1v) is 7.03. The molecule has 0 aliphatic carbocycles. The van der Waals surface area contributed by atoms with Crippen LogP contribution in [-0.4, -0.2) is 48.0 Å². The first kappa shape index (κ1) is 12.8. The molecule has 1 fully saturated rings. The number of nitrogens with zero attached hydrogens (tertiary/aromatic N) is 1. The number of hydrogen-bond acceptors (Lipinski definition) is 3. The van der Waals surface area contributed by atoms with E-state index in [2.05, 4.69) is 17.1 Å². The van der Waals surface area contributed by atoms with Gasteiger partial charge in [-0.25, -0.2) is 0 Å². The van der Waals surface area contributed by atoms with E-state index in [9.17, 15) is 4.79 Å². The molecule has 0 aromatic heterocycles. The molecule has 2 atom stereocenters. The fraction of sp³-hybridized carbons (Fsp3) is 0.909. The molecule has 0 radical (unpaired) electrons. The van der Waals surface area contributed by atoms with Crippen molar-refractivity contribution in [3.63, 3.8) is 0 Å². The second-order valence-electron chi connectivity index (χ2n) is 4.06. The summed E-state index contributed by atoms with van der Waals surface area (Å²) in [7, 11) is 0. The average Bonchev–Trinajstić information content (AvgIpc) is 2.28. The maximum atomic E-state index is 12.1. The molecule has 0 aromatic carbocycles. The lowest BCUT2D eigenvalue weighted by molar-refractivity contribution is -0.133. The van der Waals surface area contributed by atoms with Crippen molar-refractivity contribution in [2.45, 2.75) is 38.0 Å². The van der Waals surface area contributed by atoms with Gasteiger partial charge >= 0.3 is 0 Å². The van der Waals surface area contributed by atoms with Gasteiger partial charge in [-0.1, -0.05) is 13.3 Å². The Bertz CT molecular complexity index is 209. The summed E-state index contributed by atoms with van der Waals surface area (Å²) in [5.74, 6) is 0.308. The summed E-state index contributed by atoms with van der Waals surface area (Å²) in [6.45, 7) is 6.94. The number of carbonyl (C=O) groups excluding carboxylic acids is 1. The van der Waals surface area contributed by atoms with Gasteiger partial charge in [-0.05, 0) is 19.6 Å². The van der Waals surface area contributed by atoms with Crippen LogP contribution in [0.15, 0.2) is 0 Å². The Morgan fingerprint density at radius 2 is 2.40 bits per heavy atom. The van der Waals surface area contributed by atoms with Gasteiger partial charge in [-0.2, -0.15) is 11.8 Å². The highest BCUT2D eigenvalue weighted by atomic mass is 32.2. The van der Waals surface area contributed by atoms with Gasteiger partial charge in [0, 0.05) is 25.7 Å². The van der Waals surface area contributed by atoms with Crippen LogP contribution >= 0.6 is 11.8 Å². The molecule has 0 spiro atoms. The zero-order chi connectivity index (χ0) is 11.3. The van der Waals surface area contributed by atoms with Gasteiger partial charge < -0.3 is 10.2 Å². The summed E-state index contributed by atoms with van der Waals surface area (Å²) < 4.78 is 0. The Hall–Kier alpha value is -0.220. The van der Waals surface area contributed by atoms with Crippen LogP contribution in [0.3, 0.4) is 0 Å². The van der Waals surface area contributed by atoms with Crippen molar-refractivity contribution in [2.24, 2.45) is 0 Å². The van der Waals surface area contributed by atoms with Crippen LogP contribution in [0.4, 0.5) is 0 Å². The Kier molecular flexibility index (Phi) is 5.47. The topological polar surface area (TPSA) is 32.3 Å². The monoisotopic (exact) mass is 230 g/mol. The second kappa shape index (κ2) is 6.38. The summed E-state index contributed by atoms with van der Waals surface area (Å²) in [6.07, 6.45) is 4.25. The lowest BCUT2D eigenvalue weighted by Gasteiger charge is -2.37. The van der Waals surface area contributed by atoms with Crippen molar-refractivity contribution < 1.29 is 4.79 Å². The van der Waals surface area contributed by atoms with Crippen molar-refractivity contribution in [3.8, 4) is 0 Å². The van der Waals surface area contributed by atoms with E-state index in [1.165, 1.54) is 0 Å². The Labute approximate surface area is 97.0 Å².